The molecule has 0 spiro atoms. The topological polar surface area (TPSA) is 84.5 Å². The molecule has 0 unspecified atom stereocenters. The van der Waals surface area contributed by atoms with Crippen LogP contribution in [-0.4, -0.2) is 28.0 Å². The number of rotatable bonds is 8. The van der Waals surface area contributed by atoms with E-state index in [2.05, 4.69) is 10.0 Å². The molecule has 2 aromatic carbocycles. The van der Waals surface area contributed by atoms with Crippen LogP contribution in [-0.2, 0) is 21.4 Å². The number of carbonyl (C=O) groups excluding carboxylic acids is 1. The van der Waals surface area contributed by atoms with Crippen LogP contribution >= 0.6 is 0 Å². The predicted octanol–water partition coefficient (Wildman–Crippen LogP) is 1.96. The summed E-state index contributed by atoms with van der Waals surface area (Å²) in [5, 5.41) is 2.65. The minimum atomic E-state index is -4.02. The van der Waals surface area contributed by atoms with Gasteiger partial charge in [0.25, 0.3) is 0 Å². The van der Waals surface area contributed by atoms with Crippen LogP contribution in [0.3, 0.4) is 0 Å². The zero-order valence-electron chi connectivity index (χ0n) is 14.0. The van der Waals surface area contributed by atoms with Crippen molar-refractivity contribution in [2.75, 3.05) is 13.7 Å². The molecule has 0 bridgehead atoms. The number of carbonyl (C=O) groups is 1. The van der Waals surface area contributed by atoms with Gasteiger partial charge in [-0.05, 0) is 35.9 Å². The SMILES string of the molecule is COc1cccc(CNC(=O)CCNS(=O)(=O)c2ccc(F)c(F)c2)c1. The van der Waals surface area contributed by atoms with E-state index in [1.807, 2.05) is 6.07 Å². The molecule has 0 aromatic heterocycles. The fourth-order valence-electron chi connectivity index (χ4n) is 2.10. The summed E-state index contributed by atoms with van der Waals surface area (Å²) in [5.74, 6) is -2.10. The van der Waals surface area contributed by atoms with E-state index in [-0.39, 0.29) is 25.4 Å². The lowest BCUT2D eigenvalue weighted by Crippen LogP contribution is -2.30. The second-order valence-corrected chi connectivity index (χ2v) is 7.12. The Hall–Kier alpha value is -2.52. The Kier molecular flexibility index (Phi) is 6.64. The van der Waals surface area contributed by atoms with Crippen LogP contribution in [0.25, 0.3) is 0 Å². The molecule has 0 fully saturated rings. The highest BCUT2D eigenvalue weighted by Gasteiger charge is 2.16. The van der Waals surface area contributed by atoms with Gasteiger partial charge in [-0.2, -0.15) is 0 Å². The van der Waals surface area contributed by atoms with E-state index in [4.69, 9.17) is 4.74 Å². The van der Waals surface area contributed by atoms with Crippen molar-refractivity contribution in [3.8, 4) is 5.75 Å². The Morgan fingerprint density at radius 3 is 2.58 bits per heavy atom. The molecular weight excluding hydrogens is 366 g/mol. The lowest BCUT2D eigenvalue weighted by atomic mass is 10.2. The normalized spacial score (nSPS) is 11.2. The van der Waals surface area contributed by atoms with Crippen molar-refractivity contribution in [3.63, 3.8) is 0 Å². The maximum Gasteiger partial charge on any atom is 0.240 e. The third-order valence-electron chi connectivity index (χ3n) is 3.47. The molecule has 140 valence electrons. The minimum absolute atomic E-state index is 0.104. The van der Waals surface area contributed by atoms with E-state index in [0.717, 1.165) is 17.7 Å². The van der Waals surface area contributed by atoms with Gasteiger partial charge in [-0.1, -0.05) is 12.1 Å². The summed E-state index contributed by atoms with van der Waals surface area (Å²) < 4.78 is 57.2. The number of nitrogens with one attached hydrogen (secondary N) is 2. The molecule has 0 aliphatic heterocycles. The Morgan fingerprint density at radius 1 is 1.12 bits per heavy atom. The molecule has 6 nitrogen and oxygen atoms in total. The number of amides is 1. The molecule has 2 rings (SSSR count). The zero-order chi connectivity index (χ0) is 19.2. The first-order valence-electron chi connectivity index (χ1n) is 7.66. The molecule has 0 aliphatic carbocycles. The number of benzene rings is 2. The van der Waals surface area contributed by atoms with Gasteiger partial charge in [0, 0.05) is 19.5 Å². The van der Waals surface area contributed by atoms with Crippen LogP contribution in [0.5, 0.6) is 5.75 Å². The average Bonchev–Trinajstić information content (AvgIpc) is 2.62. The van der Waals surface area contributed by atoms with Crippen molar-refractivity contribution < 1.29 is 26.7 Å². The van der Waals surface area contributed by atoms with Crippen molar-refractivity contribution in [3.05, 3.63) is 59.7 Å². The molecule has 2 N–H and O–H groups in total. The Bertz CT molecular complexity index is 888. The third kappa shape index (κ3) is 5.50. The molecule has 0 radical (unpaired) electrons. The number of hydrogen-bond donors (Lipinski definition) is 2. The van der Waals surface area contributed by atoms with Gasteiger partial charge in [-0.15, -0.1) is 0 Å². The first-order chi connectivity index (χ1) is 12.3. The summed E-state index contributed by atoms with van der Waals surface area (Å²) in [4.78, 5) is 11.4. The fraction of sp³-hybridized carbons (Fsp3) is 0.235. The molecule has 26 heavy (non-hydrogen) atoms. The first-order valence-corrected chi connectivity index (χ1v) is 9.14. The van der Waals surface area contributed by atoms with E-state index in [1.165, 1.54) is 7.11 Å². The molecule has 1 amide bonds. The second kappa shape index (κ2) is 8.72. The molecule has 0 heterocycles. The fourth-order valence-corrected chi connectivity index (χ4v) is 3.14. The summed E-state index contributed by atoms with van der Waals surface area (Å²) in [5.41, 5.74) is 0.833. The van der Waals surface area contributed by atoms with Crippen LogP contribution in [0, 0.1) is 11.6 Å². The summed E-state index contributed by atoms with van der Waals surface area (Å²) >= 11 is 0. The molecule has 0 saturated heterocycles. The summed E-state index contributed by atoms with van der Waals surface area (Å²) in [6, 6.07) is 9.41. The highest BCUT2D eigenvalue weighted by Crippen LogP contribution is 2.14. The van der Waals surface area contributed by atoms with E-state index < -0.39 is 26.6 Å². The van der Waals surface area contributed by atoms with Crippen LogP contribution in [0.2, 0.25) is 0 Å². The zero-order valence-corrected chi connectivity index (χ0v) is 14.8. The van der Waals surface area contributed by atoms with Gasteiger partial charge in [0.2, 0.25) is 15.9 Å². The summed E-state index contributed by atoms with van der Waals surface area (Å²) in [7, 11) is -2.49. The van der Waals surface area contributed by atoms with Crippen LogP contribution in [0.15, 0.2) is 47.4 Å². The third-order valence-corrected chi connectivity index (χ3v) is 4.93. The maximum absolute atomic E-state index is 13.1. The number of sulfonamides is 1. The minimum Gasteiger partial charge on any atom is -0.497 e. The highest BCUT2D eigenvalue weighted by atomic mass is 32.2. The van der Waals surface area contributed by atoms with E-state index in [1.54, 1.807) is 18.2 Å². The molecule has 0 aliphatic rings. The molecular formula is C17H18F2N2O4S. The second-order valence-electron chi connectivity index (χ2n) is 5.35. The van der Waals surface area contributed by atoms with Gasteiger partial charge < -0.3 is 10.1 Å². The van der Waals surface area contributed by atoms with Gasteiger partial charge in [0.1, 0.15) is 5.75 Å². The van der Waals surface area contributed by atoms with E-state index in [0.29, 0.717) is 11.8 Å². The first kappa shape index (κ1) is 19.8. The van der Waals surface area contributed by atoms with Crippen molar-refractivity contribution in [2.45, 2.75) is 17.9 Å². The van der Waals surface area contributed by atoms with Crippen molar-refractivity contribution >= 4 is 15.9 Å². The van der Waals surface area contributed by atoms with Gasteiger partial charge in [-0.3, -0.25) is 4.79 Å². The average molecular weight is 384 g/mol. The Labute approximate surface area is 150 Å². The molecule has 0 saturated carbocycles. The lowest BCUT2D eigenvalue weighted by Gasteiger charge is -2.09. The molecule has 2 aromatic rings. The largest absolute Gasteiger partial charge is 0.497 e. The maximum atomic E-state index is 13.1. The van der Waals surface area contributed by atoms with E-state index in [9.17, 15) is 22.0 Å². The predicted molar refractivity (Wildman–Crippen MR) is 91.0 cm³/mol. The van der Waals surface area contributed by atoms with Crippen molar-refractivity contribution in [1.82, 2.24) is 10.0 Å². The van der Waals surface area contributed by atoms with Gasteiger partial charge >= 0.3 is 0 Å². The standard InChI is InChI=1S/C17H18F2N2O4S/c1-25-13-4-2-3-12(9-13)11-20-17(22)7-8-21-26(23,24)14-5-6-15(18)16(19)10-14/h2-6,9-10,21H,7-8,11H2,1H3,(H,20,22). The van der Waals surface area contributed by atoms with Crippen LogP contribution < -0.4 is 14.8 Å². The van der Waals surface area contributed by atoms with Gasteiger partial charge in [0.15, 0.2) is 11.6 Å². The number of methoxy groups -OCH3 is 1. The van der Waals surface area contributed by atoms with Crippen molar-refractivity contribution in [2.24, 2.45) is 0 Å². The van der Waals surface area contributed by atoms with Crippen LogP contribution in [0.1, 0.15) is 12.0 Å². The molecule has 9 heteroatoms. The lowest BCUT2D eigenvalue weighted by molar-refractivity contribution is -0.121. The quantitative estimate of drug-likeness (QED) is 0.729. The smallest absolute Gasteiger partial charge is 0.240 e. The van der Waals surface area contributed by atoms with Crippen molar-refractivity contribution in [1.29, 1.82) is 0 Å². The Morgan fingerprint density at radius 2 is 1.88 bits per heavy atom. The van der Waals surface area contributed by atoms with E-state index >= 15 is 0 Å². The number of ether oxygens (including phenoxy) is 1. The number of halogens is 2. The number of hydrogen-bond acceptors (Lipinski definition) is 4. The monoisotopic (exact) mass is 384 g/mol. The summed E-state index contributed by atoms with van der Waals surface area (Å²) in [6.07, 6.45) is -0.104. The van der Waals surface area contributed by atoms with Gasteiger partial charge in [-0.25, -0.2) is 21.9 Å². The highest BCUT2D eigenvalue weighted by molar-refractivity contribution is 7.89. The summed E-state index contributed by atoms with van der Waals surface area (Å²) in [6.45, 7) is 0.0945. The van der Waals surface area contributed by atoms with Gasteiger partial charge in [0.05, 0.1) is 12.0 Å². The van der Waals surface area contributed by atoms with Crippen LogP contribution in [0.4, 0.5) is 8.78 Å². The molecule has 0 atom stereocenters. The Balaban J connectivity index is 1.82.